The Morgan fingerprint density at radius 1 is 1.24 bits per heavy atom. The molecule has 2 aromatic rings. The number of nitriles is 1. The summed E-state index contributed by atoms with van der Waals surface area (Å²) in [4.78, 5) is 12.1. The third kappa shape index (κ3) is 4.55. The molecule has 0 unspecified atom stereocenters. The maximum absolute atomic E-state index is 13.1. The zero-order valence-electron chi connectivity index (χ0n) is 12.7. The maximum Gasteiger partial charge on any atom is 0.418 e. The van der Waals surface area contributed by atoms with Gasteiger partial charge in [0.05, 0.1) is 30.0 Å². The average Bonchev–Trinajstić information content (AvgIpc) is 2.58. The van der Waals surface area contributed by atoms with Gasteiger partial charge < -0.3 is 4.74 Å². The van der Waals surface area contributed by atoms with Crippen molar-refractivity contribution in [2.24, 2.45) is 0 Å². The standard InChI is InChI=1S/C16H11ClF3N3O2/c1-25-12-6-10(5-11(17)7-12)15(24)23-22-14-3-2-9(8-21)4-13(14)16(18,19)20/h2-7,22H,1H3,(H,23,24). The topological polar surface area (TPSA) is 74.2 Å². The van der Waals surface area contributed by atoms with Crippen molar-refractivity contribution < 1.29 is 22.7 Å². The number of anilines is 1. The summed E-state index contributed by atoms with van der Waals surface area (Å²) in [6.07, 6.45) is -4.70. The van der Waals surface area contributed by atoms with E-state index in [1.54, 1.807) is 6.07 Å². The molecule has 5 nitrogen and oxygen atoms in total. The molecule has 0 heterocycles. The number of carbonyl (C=O) groups excluding carboxylic acids is 1. The van der Waals surface area contributed by atoms with Gasteiger partial charge in [0.15, 0.2) is 0 Å². The molecule has 0 aliphatic carbocycles. The molecule has 0 atom stereocenters. The Hall–Kier alpha value is -2.92. The minimum absolute atomic E-state index is 0.0963. The van der Waals surface area contributed by atoms with Crippen LogP contribution in [0.5, 0.6) is 5.75 Å². The van der Waals surface area contributed by atoms with Crippen LogP contribution in [0.4, 0.5) is 18.9 Å². The molecule has 0 aliphatic rings. The van der Waals surface area contributed by atoms with Crippen molar-refractivity contribution in [1.29, 1.82) is 5.26 Å². The van der Waals surface area contributed by atoms with Gasteiger partial charge in [-0.05, 0) is 36.4 Å². The van der Waals surface area contributed by atoms with Crippen LogP contribution in [0.3, 0.4) is 0 Å². The maximum atomic E-state index is 13.1. The molecule has 0 saturated heterocycles. The molecule has 9 heteroatoms. The molecular formula is C16H11ClF3N3O2. The van der Waals surface area contributed by atoms with Gasteiger partial charge in [-0.1, -0.05) is 11.6 Å². The van der Waals surface area contributed by atoms with Crippen LogP contribution in [-0.4, -0.2) is 13.0 Å². The molecule has 0 fully saturated rings. The third-order valence-electron chi connectivity index (χ3n) is 3.13. The van der Waals surface area contributed by atoms with Crippen molar-refractivity contribution in [1.82, 2.24) is 5.43 Å². The Kier molecular flexibility index (Phi) is 5.39. The van der Waals surface area contributed by atoms with Crippen LogP contribution in [0.2, 0.25) is 5.02 Å². The van der Waals surface area contributed by atoms with Crippen LogP contribution in [0.1, 0.15) is 21.5 Å². The summed E-state index contributed by atoms with van der Waals surface area (Å²) in [5, 5.41) is 8.96. The van der Waals surface area contributed by atoms with Crippen molar-refractivity contribution in [3.63, 3.8) is 0 Å². The molecule has 2 aromatic carbocycles. The number of carbonyl (C=O) groups is 1. The molecule has 0 radical (unpaired) electrons. The Balaban J connectivity index is 2.23. The lowest BCUT2D eigenvalue weighted by molar-refractivity contribution is -0.137. The summed E-state index contributed by atoms with van der Waals surface area (Å²) in [5.74, 6) is -0.384. The van der Waals surface area contributed by atoms with E-state index in [4.69, 9.17) is 21.6 Å². The Morgan fingerprint density at radius 3 is 2.56 bits per heavy atom. The Morgan fingerprint density at radius 2 is 1.96 bits per heavy atom. The van der Waals surface area contributed by atoms with E-state index in [9.17, 15) is 18.0 Å². The molecule has 0 saturated carbocycles. The number of methoxy groups -OCH3 is 1. The predicted molar refractivity (Wildman–Crippen MR) is 85.3 cm³/mol. The lowest BCUT2D eigenvalue weighted by Gasteiger charge is -2.15. The molecule has 2 rings (SSSR count). The third-order valence-corrected chi connectivity index (χ3v) is 3.35. The van der Waals surface area contributed by atoms with E-state index in [1.165, 1.54) is 31.4 Å². The number of amides is 1. The average molecular weight is 370 g/mol. The van der Waals surface area contributed by atoms with Crippen molar-refractivity contribution in [3.05, 3.63) is 58.1 Å². The van der Waals surface area contributed by atoms with Crippen molar-refractivity contribution in [2.45, 2.75) is 6.18 Å². The first-order chi connectivity index (χ1) is 11.7. The fourth-order valence-electron chi connectivity index (χ4n) is 1.97. The number of alkyl halides is 3. The molecule has 0 bridgehead atoms. The van der Waals surface area contributed by atoms with Crippen molar-refractivity contribution in [2.75, 3.05) is 12.5 Å². The highest BCUT2D eigenvalue weighted by Gasteiger charge is 2.34. The van der Waals surface area contributed by atoms with Crippen molar-refractivity contribution >= 4 is 23.2 Å². The van der Waals surface area contributed by atoms with Gasteiger partial charge in [-0.15, -0.1) is 0 Å². The van der Waals surface area contributed by atoms with E-state index < -0.39 is 23.3 Å². The molecular weight excluding hydrogens is 359 g/mol. The van der Waals surface area contributed by atoms with Gasteiger partial charge in [0.25, 0.3) is 5.91 Å². The van der Waals surface area contributed by atoms with Gasteiger partial charge >= 0.3 is 6.18 Å². The fraction of sp³-hybridized carbons (Fsp3) is 0.125. The largest absolute Gasteiger partial charge is 0.497 e. The summed E-state index contributed by atoms with van der Waals surface area (Å²) >= 11 is 5.85. The number of halogens is 4. The number of hydrogen-bond donors (Lipinski definition) is 2. The first kappa shape index (κ1) is 18.4. The highest BCUT2D eigenvalue weighted by Crippen LogP contribution is 2.35. The van der Waals surface area contributed by atoms with Crippen LogP contribution in [0, 0.1) is 11.3 Å². The number of rotatable bonds is 4. The van der Waals surface area contributed by atoms with Gasteiger partial charge in [-0.2, -0.15) is 18.4 Å². The van der Waals surface area contributed by atoms with E-state index in [0.29, 0.717) is 11.8 Å². The highest BCUT2D eigenvalue weighted by molar-refractivity contribution is 6.31. The summed E-state index contributed by atoms with van der Waals surface area (Å²) in [6, 6.07) is 8.78. The molecule has 25 heavy (non-hydrogen) atoms. The van der Waals surface area contributed by atoms with E-state index in [1.807, 2.05) is 0 Å². The quantitative estimate of drug-likeness (QED) is 0.799. The van der Waals surface area contributed by atoms with Crippen LogP contribution < -0.4 is 15.6 Å². The molecule has 130 valence electrons. The minimum atomic E-state index is -4.70. The Bertz CT molecular complexity index is 847. The summed E-state index contributed by atoms with van der Waals surface area (Å²) < 4.78 is 44.2. The smallest absolute Gasteiger partial charge is 0.418 e. The number of nitrogens with one attached hydrogen (secondary N) is 2. The molecule has 2 N–H and O–H groups in total. The number of benzene rings is 2. The van der Waals surface area contributed by atoms with E-state index in [0.717, 1.165) is 6.07 Å². The van der Waals surface area contributed by atoms with Gasteiger partial charge in [0, 0.05) is 10.6 Å². The van der Waals surface area contributed by atoms with Crippen LogP contribution >= 0.6 is 11.6 Å². The van der Waals surface area contributed by atoms with E-state index in [2.05, 4.69) is 10.9 Å². The fourth-order valence-corrected chi connectivity index (χ4v) is 2.19. The zero-order valence-corrected chi connectivity index (χ0v) is 13.5. The molecule has 0 spiro atoms. The number of hydrazine groups is 1. The highest BCUT2D eigenvalue weighted by atomic mass is 35.5. The van der Waals surface area contributed by atoms with Crippen LogP contribution in [0.25, 0.3) is 0 Å². The zero-order chi connectivity index (χ0) is 18.6. The number of hydrogen-bond acceptors (Lipinski definition) is 4. The second-order valence-electron chi connectivity index (χ2n) is 4.83. The number of ether oxygens (including phenoxy) is 1. The van der Waals surface area contributed by atoms with Gasteiger partial charge in [0.1, 0.15) is 5.75 Å². The van der Waals surface area contributed by atoms with E-state index >= 15 is 0 Å². The summed E-state index contributed by atoms with van der Waals surface area (Å²) in [7, 11) is 1.39. The first-order valence-corrected chi connectivity index (χ1v) is 7.14. The van der Waals surface area contributed by atoms with Gasteiger partial charge in [0.2, 0.25) is 0 Å². The van der Waals surface area contributed by atoms with Gasteiger partial charge in [-0.3, -0.25) is 15.6 Å². The number of nitrogens with zero attached hydrogens (tertiary/aromatic N) is 1. The summed E-state index contributed by atoms with van der Waals surface area (Å²) in [5.41, 5.74) is 2.85. The normalized spacial score (nSPS) is 10.7. The lowest BCUT2D eigenvalue weighted by Crippen LogP contribution is -2.30. The molecule has 1 amide bonds. The summed E-state index contributed by atoms with van der Waals surface area (Å²) in [6.45, 7) is 0. The SMILES string of the molecule is COc1cc(Cl)cc(C(=O)NNc2ccc(C#N)cc2C(F)(F)F)c1. The van der Waals surface area contributed by atoms with Crippen LogP contribution in [-0.2, 0) is 6.18 Å². The van der Waals surface area contributed by atoms with Crippen LogP contribution in [0.15, 0.2) is 36.4 Å². The monoisotopic (exact) mass is 369 g/mol. The predicted octanol–water partition coefficient (Wildman–Crippen LogP) is 4.00. The van der Waals surface area contributed by atoms with Crippen molar-refractivity contribution in [3.8, 4) is 11.8 Å². The first-order valence-electron chi connectivity index (χ1n) is 6.77. The second-order valence-corrected chi connectivity index (χ2v) is 5.27. The van der Waals surface area contributed by atoms with E-state index in [-0.39, 0.29) is 16.1 Å². The second kappa shape index (κ2) is 7.32. The molecule has 0 aromatic heterocycles. The van der Waals surface area contributed by atoms with Gasteiger partial charge in [-0.25, -0.2) is 0 Å². The Labute approximate surface area is 145 Å². The lowest BCUT2D eigenvalue weighted by atomic mass is 10.1. The minimum Gasteiger partial charge on any atom is -0.497 e. The molecule has 0 aliphatic heterocycles.